The molecular weight excluding hydrogens is 414 g/mol. The van der Waals surface area contributed by atoms with Crippen molar-refractivity contribution in [3.8, 4) is 0 Å². The van der Waals surface area contributed by atoms with Crippen molar-refractivity contribution < 1.29 is 5.11 Å². The van der Waals surface area contributed by atoms with E-state index in [-0.39, 0.29) is 0 Å². The van der Waals surface area contributed by atoms with E-state index in [0.717, 1.165) is 27.9 Å². The average molecular weight is 436 g/mol. The third-order valence-corrected chi connectivity index (χ3v) is 5.10. The van der Waals surface area contributed by atoms with Gasteiger partial charge in [0.25, 0.3) is 0 Å². The van der Waals surface area contributed by atoms with Crippen LogP contribution >= 0.6 is 27.3 Å². The van der Waals surface area contributed by atoms with Crippen LogP contribution in [-0.4, -0.2) is 33.5 Å². The molecule has 3 heterocycles. The van der Waals surface area contributed by atoms with Crippen LogP contribution < -0.4 is 10.6 Å². The Morgan fingerprint density at radius 2 is 2.19 bits per heavy atom. The van der Waals surface area contributed by atoms with E-state index >= 15 is 0 Å². The van der Waals surface area contributed by atoms with Gasteiger partial charge >= 0.3 is 0 Å². The van der Waals surface area contributed by atoms with Crippen LogP contribution in [0.5, 0.6) is 0 Å². The predicted octanol–water partition coefficient (Wildman–Crippen LogP) is 3.12. The first-order valence-corrected chi connectivity index (χ1v) is 10.1. The van der Waals surface area contributed by atoms with Gasteiger partial charge in [0.2, 0.25) is 0 Å². The zero-order valence-corrected chi connectivity index (χ0v) is 17.1. The SMILES string of the molecule is CCNC(=NCc1cn2cc(Br)ccc2n1)NCC(C)(O)c1ccsc1. The van der Waals surface area contributed by atoms with E-state index in [1.165, 1.54) is 0 Å². The van der Waals surface area contributed by atoms with Crippen molar-refractivity contribution in [2.75, 3.05) is 13.1 Å². The molecular formula is C18H22BrN5OS. The molecule has 1 atom stereocenters. The van der Waals surface area contributed by atoms with Crippen molar-refractivity contribution in [2.45, 2.75) is 26.0 Å². The van der Waals surface area contributed by atoms with Crippen LogP contribution in [0.3, 0.4) is 0 Å². The molecule has 0 aliphatic carbocycles. The minimum atomic E-state index is -0.953. The normalized spacial score (nSPS) is 14.4. The summed E-state index contributed by atoms with van der Waals surface area (Å²) in [5, 5.41) is 21.0. The van der Waals surface area contributed by atoms with Gasteiger partial charge in [0.1, 0.15) is 11.2 Å². The average Bonchev–Trinajstić information content (AvgIpc) is 3.26. The highest BCUT2D eigenvalue weighted by Gasteiger charge is 2.23. The number of nitrogens with zero attached hydrogens (tertiary/aromatic N) is 3. The lowest BCUT2D eigenvalue weighted by molar-refractivity contribution is 0.0621. The predicted molar refractivity (Wildman–Crippen MR) is 110 cm³/mol. The van der Waals surface area contributed by atoms with Gasteiger partial charge in [-0.2, -0.15) is 11.3 Å². The van der Waals surface area contributed by atoms with Crippen molar-refractivity contribution in [2.24, 2.45) is 4.99 Å². The fourth-order valence-electron chi connectivity index (χ4n) is 2.52. The van der Waals surface area contributed by atoms with Crippen molar-refractivity contribution in [3.05, 3.63) is 57.1 Å². The summed E-state index contributed by atoms with van der Waals surface area (Å²) in [5.74, 6) is 0.654. The number of nitrogens with one attached hydrogen (secondary N) is 2. The second-order valence-electron chi connectivity index (χ2n) is 6.18. The summed E-state index contributed by atoms with van der Waals surface area (Å²) in [5.41, 5.74) is 1.71. The number of fused-ring (bicyclic) bond motifs is 1. The van der Waals surface area contributed by atoms with Crippen molar-refractivity contribution >= 4 is 38.9 Å². The molecule has 3 aromatic heterocycles. The zero-order valence-electron chi connectivity index (χ0n) is 14.7. The van der Waals surface area contributed by atoms with Gasteiger partial charge in [-0.15, -0.1) is 0 Å². The smallest absolute Gasteiger partial charge is 0.191 e. The summed E-state index contributed by atoms with van der Waals surface area (Å²) in [7, 11) is 0. The molecule has 0 aromatic carbocycles. The topological polar surface area (TPSA) is 74.0 Å². The molecule has 0 bridgehead atoms. The molecule has 0 fully saturated rings. The van der Waals surface area contributed by atoms with Crippen LogP contribution in [0.2, 0.25) is 0 Å². The third kappa shape index (κ3) is 4.63. The van der Waals surface area contributed by atoms with Crippen LogP contribution in [0.15, 0.2) is 50.8 Å². The lowest BCUT2D eigenvalue weighted by Crippen LogP contribution is -2.44. The quantitative estimate of drug-likeness (QED) is 0.410. The van der Waals surface area contributed by atoms with Crippen LogP contribution in [0.25, 0.3) is 5.65 Å². The van der Waals surface area contributed by atoms with E-state index in [4.69, 9.17) is 0 Å². The maximum absolute atomic E-state index is 10.6. The Labute approximate surface area is 165 Å². The first-order chi connectivity index (χ1) is 12.5. The second-order valence-corrected chi connectivity index (χ2v) is 7.88. The Hall–Kier alpha value is -1.90. The summed E-state index contributed by atoms with van der Waals surface area (Å²) in [6.45, 7) is 5.37. The highest BCUT2D eigenvalue weighted by atomic mass is 79.9. The molecule has 0 spiro atoms. The Balaban J connectivity index is 1.68. The molecule has 3 aromatic rings. The highest BCUT2D eigenvalue weighted by molar-refractivity contribution is 9.10. The van der Waals surface area contributed by atoms with Gasteiger partial charge in [0.15, 0.2) is 5.96 Å². The van der Waals surface area contributed by atoms with Gasteiger partial charge in [-0.1, -0.05) is 0 Å². The molecule has 3 N–H and O–H groups in total. The summed E-state index contributed by atoms with van der Waals surface area (Å²) >= 11 is 5.03. The summed E-state index contributed by atoms with van der Waals surface area (Å²) in [6.07, 6.45) is 3.94. The summed E-state index contributed by atoms with van der Waals surface area (Å²) in [4.78, 5) is 9.15. The lowest BCUT2D eigenvalue weighted by atomic mass is 9.99. The van der Waals surface area contributed by atoms with Crippen LogP contribution in [0, 0.1) is 0 Å². The molecule has 138 valence electrons. The first kappa shape index (κ1) is 18.9. The molecule has 0 saturated carbocycles. The fraction of sp³-hybridized carbons (Fsp3) is 0.333. The molecule has 0 radical (unpaired) electrons. The number of pyridine rings is 1. The van der Waals surface area contributed by atoms with E-state index in [1.807, 2.05) is 52.7 Å². The van der Waals surface area contributed by atoms with Gasteiger partial charge in [0.05, 0.1) is 18.8 Å². The van der Waals surface area contributed by atoms with E-state index in [0.29, 0.717) is 19.0 Å². The van der Waals surface area contributed by atoms with Crippen molar-refractivity contribution in [1.82, 2.24) is 20.0 Å². The maximum Gasteiger partial charge on any atom is 0.191 e. The molecule has 6 nitrogen and oxygen atoms in total. The minimum absolute atomic E-state index is 0.369. The second kappa shape index (κ2) is 8.20. The maximum atomic E-state index is 10.6. The largest absolute Gasteiger partial charge is 0.384 e. The van der Waals surface area contributed by atoms with Gasteiger partial charge in [0, 0.05) is 23.4 Å². The summed E-state index contributed by atoms with van der Waals surface area (Å²) < 4.78 is 2.97. The van der Waals surface area contributed by atoms with Crippen LogP contribution in [0.1, 0.15) is 25.1 Å². The number of rotatable bonds is 6. The number of imidazole rings is 1. The standard InChI is InChI=1S/C18H22BrN5OS/c1-3-20-17(22-12-18(2,25)13-6-7-26-11-13)21-8-15-10-24-9-14(19)4-5-16(24)23-15/h4-7,9-11,25H,3,8,12H2,1-2H3,(H2,20,21,22). The molecule has 1 unspecified atom stereocenters. The summed E-state index contributed by atoms with van der Waals surface area (Å²) in [6, 6.07) is 5.86. The number of aliphatic hydroxyl groups is 1. The number of hydrogen-bond donors (Lipinski definition) is 3. The van der Waals surface area contributed by atoms with E-state index < -0.39 is 5.60 Å². The van der Waals surface area contributed by atoms with Gasteiger partial charge in [-0.25, -0.2) is 9.98 Å². The minimum Gasteiger partial charge on any atom is -0.384 e. The number of guanidine groups is 1. The molecule has 8 heteroatoms. The molecule has 0 aliphatic rings. The molecule has 26 heavy (non-hydrogen) atoms. The number of aliphatic imine (C=N–C) groups is 1. The Morgan fingerprint density at radius 1 is 1.35 bits per heavy atom. The van der Waals surface area contributed by atoms with E-state index in [2.05, 4.69) is 36.5 Å². The monoisotopic (exact) mass is 435 g/mol. The number of halogens is 1. The van der Waals surface area contributed by atoms with Crippen molar-refractivity contribution in [1.29, 1.82) is 0 Å². The highest BCUT2D eigenvalue weighted by Crippen LogP contribution is 2.22. The molecule has 0 aliphatic heterocycles. The van der Waals surface area contributed by atoms with Crippen molar-refractivity contribution in [3.63, 3.8) is 0 Å². The molecule has 0 saturated heterocycles. The molecule has 3 rings (SSSR count). The van der Waals surface area contributed by atoms with Gasteiger partial charge < -0.3 is 20.1 Å². The molecule has 0 amide bonds. The Morgan fingerprint density at radius 3 is 2.92 bits per heavy atom. The van der Waals surface area contributed by atoms with Gasteiger partial charge in [-0.3, -0.25) is 0 Å². The first-order valence-electron chi connectivity index (χ1n) is 8.38. The van der Waals surface area contributed by atoms with Crippen LogP contribution in [-0.2, 0) is 12.1 Å². The van der Waals surface area contributed by atoms with Crippen LogP contribution in [0.4, 0.5) is 0 Å². The van der Waals surface area contributed by atoms with E-state index in [1.54, 1.807) is 18.3 Å². The number of aromatic nitrogens is 2. The Kier molecular flexibility index (Phi) is 5.95. The number of hydrogen-bond acceptors (Lipinski definition) is 4. The number of thiophene rings is 1. The third-order valence-electron chi connectivity index (χ3n) is 3.95. The Bertz CT molecular complexity index is 888. The van der Waals surface area contributed by atoms with E-state index in [9.17, 15) is 5.11 Å². The lowest BCUT2D eigenvalue weighted by Gasteiger charge is -2.24. The zero-order chi connectivity index (χ0) is 18.6. The fourth-order valence-corrected chi connectivity index (χ4v) is 3.66. The van der Waals surface area contributed by atoms with Gasteiger partial charge in [-0.05, 0) is 64.3 Å².